The molecule has 4 rings (SSSR count). The normalized spacial score (nSPS) is 12.4. The van der Waals surface area contributed by atoms with E-state index in [-0.39, 0.29) is 39.0 Å². The van der Waals surface area contributed by atoms with Gasteiger partial charge in [-0.05, 0) is 67.4 Å². The molecule has 0 saturated heterocycles. The Kier molecular flexibility index (Phi) is 12.1. The molecule has 0 heterocycles. The minimum atomic E-state index is -4.85. The summed E-state index contributed by atoms with van der Waals surface area (Å²) in [6.45, 7) is 2.26. The first-order chi connectivity index (χ1) is 22.6. The second kappa shape index (κ2) is 15.6. The van der Waals surface area contributed by atoms with Crippen molar-refractivity contribution in [1.29, 1.82) is 0 Å². The molecule has 4 aromatic carbocycles. The zero-order valence-electron chi connectivity index (χ0n) is 25.7. The highest BCUT2D eigenvalue weighted by molar-refractivity contribution is 7.92. The van der Waals surface area contributed by atoms with Crippen molar-refractivity contribution in [2.75, 3.05) is 10.8 Å². The first kappa shape index (κ1) is 37.1. The monoisotopic (exact) mass is 739 g/mol. The Balaban J connectivity index is 1.88. The minimum Gasteiger partial charge on any atom is -0.352 e. The zero-order chi connectivity index (χ0) is 35.2. The maximum absolute atomic E-state index is 14.5. The highest BCUT2D eigenvalue weighted by Crippen LogP contribution is 2.37. The van der Waals surface area contributed by atoms with E-state index in [1.807, 2.05) is 0 Å². The number of benzene rings is 4. The van der Waals surface area contributed by atoms with Crippen LogP contribution >= 0.6 is 34.8 Å². The fraction of sp³-hybridized carbons (Fsp3) is 0.235. The SMILES string of the molecule is CC(C)NC(=O)[C@@H](Cc1ccccc1)N(Cc1ccc(Cl)c(Cl)c1)C(=O)CN(c1cc(C(F)(F)F)ccc1Cl)S(=O)(=O)c1ccccc1. The second-order valence-electron chi connectivity index (χ2n) is 11.1. The molecular formula is C34H31Cl3F3N3O4S. The van der Waals surface area contributed by atoms with Crippen molar-refractivity contribution in [2.45, 2.75) is 50.0 Å². The number of halogens is 6. The molecule has 0 bridgehead atoms. The number of rotatable bonds is 12. The number of hydrogen-bond donors (Lipinski definition) is 1. The average molecular weight is 741 g/mol. The summed E-state index contributed by atoms with van der Waals surface area (Å²) < 4.78 is 70.2. The van der Waals surface area contributed by atoms with E-state index in [0.717, 1.165) is 6.07 Å². The van der Waals surface area contributed by atoms with Gasteiger partial charge in [-0.25, -0.2) is 8.42 Å². The molecule has 2 amide bonds. The highest BCUT2D eigenvalue weighted by Gasteiger charge is 2.37. The predicted molar refractivity (Wildman–Crippen MR) is 182 cm³/mol. The molecule has 1 atom stereocenters. The quantitative estimate of drug-likeness (QED) is 0.160. The van der Waals surface area contributed by atoms with Gasteiger partial charge in [-0.3, -0.25) is 13.9 Å². The molecule has 0 aliphatic heterocycles. The molecule has 0 unspecified atom stereocenters. The van der Waals surface area contributed by atoms with E-state index in [4.69, 9.17) is 34.8 Å². The highest BCUT2D eigenvalue weighted by atomic mass is 35.5. The molecule has 0 aromatic heterocycles. The van der Waals surface area contributed by atoms with Crippen LogP contribution in [-0.4, -0.2) is 43.8 Å². The van der Waals surface area contributed by atoms with Crippen molar-refractivity contribution in [3.05, 3.63) is 129 Å². The molecule has 7 nitrogen and oxygen atoms in total. The summed E-state index contributed by atoms with van der Waals surface area (Å²) in [6, 6.07) is 21.1. The van der Waals surface area contributed by atoms with Gasteiger partial charge in [-0.15, -0.1) is 0 Å². The molecular weight excluding hydrogens is 710 g/mol. The maximum atomic E-state index is 14.5. The lowest BCUT2D eigenvalue weighted by atomic mass is 10.0. The van der Waals surface area contributed by atoms with Gasteiger partial charge >= 0.3 is 6.18 Å². The van der Waals surface area contributed by atoms with Gasteiger partial charge in [-0.2, -0.15) is 13.2 Å². The molecule has 4 aromatic rings. The minimum absolute atomic E-state index is 0.0300. The molecule has 48 heavy (non-hydrogen) atoms. The van der Waals surface area contributed by atoms with Crippen LogP contribution in [0.5, 0.6) is 0 Å². The fourth-order valence-corrected chi connectivity index (χ4v) is 6.92. The molecule has 14 heteroatoms. The Morgan fingerprint density at radius 2 is 1.40 bits per heavy atom. The van der Waals surface area contributed by atoms with Gasteiger partial charge < -0.3 is 10.2 Å². The molecule has 0 aliphatic carbocycles. The molecule has 0 saturated carbocycles. The van der Waals surface area contributed by atoms with E-state index in [9.17, 15) is 31.2 Å². The lowest BCUT2D eigenvalue weighted by Gasteiger charge is -2.34. The lowest BCUT2D eigenvalue weighted by molar-refractivity contribution is -0.140. The summed E-state index contributed by atoms with van der Waals surface area (Å²) in [5.41, 5.74) is -0.580. The van der Waals surface area contributed by atoms with Gasteiger partial charge in [-0.1, -0.05) is 89.4 Å². The molecule has 0 radical (unpaired) electrons. The lowest BCUT2D eigenvalue weighted by Crippen LogP contribution is -2.54. The van der Waals surface area contributed by atoms with E-state index in [1.54, 1.807) is 56.3 Å². The molecule has 0 fully saturated rings. The third-order valence-corrected chi connectivity index (χ3v) is 10.0. The number of anilines is 1. The third-order valence-electron chi connectivity index (χ3n) is 7.19. The Morgan fingerprint density at radius 3 is 1.98 bits per heavy atom. The van der Waals surface area contributed by atoms with Gasteiger partial charge in [0, 0.05) is 19.0 Å². The molecule has 1 N–H and O–H groups in total. The Morgan fingerprint density at radius 1 is 0.792 bits per heavy atom. The summed E-state index contributed by atoms with van der Waals surface area (Å²) in [5, 5.41) is 2.90. The number of carbonyl (C=O) groups is 2. The van der Waals surface area contributed by atoms with Gasteiger partial charge in [0.25, 0.3) is 10.0 Å². The number of nitrogens with one attached hydrogen (secondary N) is 1. The van der Waals surface area contributed by atoms with Crippen LogP contribution in [0.25, 0.3) is 0 Å². The van der Waals surface area contributed by atoms with Crippen LogP contribution in [0.2, 0.25) is 15.1 Å². The standard InChI is InChI=1S/C34H31Cl3F3N3O4S/c1-22(2)41-33(45)31(18-23-9-5-3-6-10-23)42(20-24-13-15-27(35)29(37)17-24)32(44)21-43(48(46,47)26-11-7-4-8-12-26)30-19-25(34(38,39)40)14-16-28(30)36/h3-17,19,22,31H,18,20-21H2,1-2H3,(H,41,45)/t31-/m1/s1. The van der Waals surface area contributed by atoms with Gasteiger partial charge in [0.05, 0.1) is 31.2 Å². The van der Waals surface area contributed by atoms with Gasteiger partial charge in [0.15, 0.2) is 0 Å². The van der Waals surface area contributed by atoms with Crippen molar-refractivity contribution in [1.82, 2.24) is 10.2 Å². The summed E-state index contributed by atoms with van der Waals surface area (Å²) in [5.74, 6) is -1.43. The Hall–Kier alpha value is -3.77. The first-order valence-corrected chi connectivity index (χ1v) is 17.2. The van der Waals surface area contributed by atoms with E-state index in [2.05, 4.69) is 5.32 Å². The summed E-state index contributed by atoms with van der Waals surface area (Å²) in [7, 11) is -4.68. The number of hydrogen-bond acceptors (Lipinski definition) is 4. The van der Waals surface area contributed by atoms with Crippen molar-refractivity contribution >= 4 is 62.3 Å². The predicted octanol–water partition coefficient (Wildman–Crippen LogP) is 8.03. The largest absolute Gasteiger partial charge is 0.416 e. The Bertz CT molecular complexity index is 1860. The van der Waals surface area contributed by atoms with E-state index in [1.165, 1.54) is 41.3 Å². The van der Waals surface area contributed by atoms with Crippen molar-refractivity contribution < 1.29 is 31.2 Å². The number of amides is 2. The van der Waals surface area contributed by atoms with Crippen molar-refractivity contribution in [2.24, 2.45) is 0 Å². The van der Waals surface area contributed by atoms with Crippen LogP contribution in [0.15, 0.2) is 102 Å². The molecule has 254 valence electrons. The van der Waals surface area contributed by atoms with Crippen molar-refractivity contribution in [3.8, 4) is 0 Å². The van der Waals surface area contributed by atoms with E-state index >= 15 is 0 Å². The summed E-state index contributed by atoms with van der Waals surface area (Å²) >= 11 is 18.7. The number of nitrogens with zero attached hydrogens (tertiary/aromatic N) is 2. The van der Waals surface area contributed by atoms with Crippen LogP contribution in [-0.2, 0) is 38.8 Å². The fourth-order valence-electron chi connectivity index (χ4n) is 4.88. The van der Waals surface area contributed by atoms with Gasteiger partial charge in [0.2, 0.25) is 11.8 Å². The molecule has 0 aliphatic rings. The average Bonchev–Trinajstić information content (AvgIpc) is 3.03. The topological polar surface area (TPSA) is 86.8 Å². The second-order valence-corrected chi connectivity index (χ2v) is 14.2. The smallest absolute Gasteiger partial charge is 0.352 e. The van der Waals surface area contributed by atoms with Crippen LogP contribution < -0.4 is 9.62 Å². The van der Waals surface area contributed by atoms with Crippen LogP contribution in [0.3, 0.4) is 0 Å². The number of sulfonamides is 1. The number of carbonyl (C=O) groups excluding carboxylic acids is 2. The van der Waals surface area contributed by atoms with Gasteiger partial charge in [0.1, 0.15) is 12.6 Å². The maximum Gasteiger partial charge on any atom is 0.416 e. The first-order valence-electron chi connectivity index (χ1n) is 14.6. The zero-order valence-corrected chi connectivity index (χ0v) is 28.8. The van der Waals surface area contributed by atoms with Crippen molar-refractivity contribution in [3.63, 3.8) is 0 Å². The summed E-state index contributed by atoms with van der Waals surface area (Å²) in [6.07, 6.45) is -4.82. The van der Waals surface area contributed by atoms with E-state index in [0.29, 0.717) is 27.6 Å². The van der Waals surface area contributed by atoms with E-state index < -0.39 is 51.9 Å². The van der Waals surface area contributed by atoms with Crippen LogP contribution in [0.1, 0.15) is 30.5 Å². The van der Waals surface area contributed by atoms with Crippen LogP contribution in [0.4, 0.5) is 18.9 Å². The number of alkyl halides is 3. The third kappa shape index (κ3) is 9.22. The Labute approximate surface area is 292 Å². The summed E-state index contributed by atoms with van der Waals surface area (Å²) in [4.78, 5) is 29.1. The van der Waals surface area contributed by atoms with Crippen LogP contribution in [0, 0.1) is 0 Å². The molecule has 0 spiro atoms.